The van der Waals surface area contributed by atoms with Gasteiger partial charge in [-0.2, -0.15) is 47.9 Å². The Morgan fingerprint density at radius 2 is 1.40 bits per heavy atom. The number of rotatable bonds is 9. The van der Waals surface area contributed by atoms with Gasteiger partial charge in [-0.1, -0.05) is 6.92 Å². The molecule has 0 saturated carbocycles. The minimum Gasteiger partial charge on any atom is -0.294 e. The Balaban J connectivity index is 5.64. The molecule has 1 atom stereocenters. The summed E-state index contributed by atoms with van der Waals surface area (Å²) in [7, 11) is -6.92. The zero-order chi connectivity index (χ0) is 20.5. The van der Waals surface area contributed by atoms with Gasteiger partial charge in [0, 0.05) is 6.42 Å². The van der Waals surface area contributed by atoms with Crippen molar-refractivity contribution in [1.29, 1.82) is 0 Å². The molecule has 0 radical (unpaired) electrons. The van der Waals surface area contributed by atoms with Gasteiger partial charge < -0.3 is 0 Å². The largest absolute Gasteiger partial charge is 0.460 e. The molecule has 150 valence electrons. The van der Waals surface area contributed by atoms with Crippen LogP contribution in [-0.4, -0.2) is 49.5 Å². The van der Waals surface area contributed by atoms with Gasteiger partial charge in [0.15, 0.2) is 22.7 Å². The molecular formula is C10H12F9O4S2+. The molecule has 0 aromatic rings. The van der Waals surface area contributed by atoms with Crippen LogP contribution in [0.1, 0.15) is 19.8 Å². The monoisotopic (exact) mass is 431 g/mol. The standard InChI is InChI=1S/C10H12F9O4S2/c1-3-4-6(20)5-24(2)23-25(21,22)10(18,19)8(13,14)7(11,12)9(15,16)17/h3-5H2,1-2H3/q+1. The van der Waals surface area contributed by atoms with E-state index in [0.717, 1.165) is 0 Å². The van der Waals surface area contributed by atoms with E-state index in [4.69, 9.17) is 0 Å². The lowest BCUT2D eigenvalue weighted by Gasteiger charge is -2.31. The van der Waals surface area contributed by atoms with E-state index in [1.807, 2.05) is 0 Å². The summed E-state index contributed by atoms with van der Waals surface area (Å²) < 4.78 is 140. The number of hydrogen-bond acceptors (Lipinski definition) is 4. The van der Waals surface area contributed by atoms with Crippen LogP contribution in [0.5, 0.6) is 0 Å². The van der Waals surface area contributed by atoms with Crippen LogP contribution in [0.3, 0.4) is 0 Å². The van der Waals surface area contributed by atoms with Crippen LogP contribution < -0.4 is 0 Å². The second kappa shape index (κ2) is 7.50. The number of alkyl halides is 9. The molecule has 0 aliphatic rings. The fourth-order valence-electron chi connectivity index (χ4n) is 1.32. The summed E-state index contributed by atoms with van der Waals surface area (Å²) in [5.74, 6) is -16.2. The van der Waals surface area contributed by atoms with Crippen LogP contribution in [0.2, 0.25) is 0 Å². The van der Waals surface area contributed by atoms with Gasteiger partial charge in [0.05, 0.1) is 0 Å². The fourth-order valence-corrected chi connectivity index (χ4v) is 4.11. The van der Waals surface area contributed by atoms with Crippen molar-refractivity contribution in [2.75, 3.05) is 12.0 Å². The Kier molecular flexibility index (Phi) is 7.29. The van der Waals surface area contributed by atoms with Gasteiger partial charge in [0.25, 0.3) is 0 Å². The highest BCUT2D eigenvalue weighted by atomic mass is 32.3. The van der Waals surface area contributed by atoms with Crippen LogP contribution in [0, 0.1) is 0 Å². The number of ketones is 1. The molecule has 0 bridgehead atoms. The lowest BCUT2D eigenvalue weighted by molar-refractivity contribution is -0.382. The van der Waals surface area contributed by atoms with Crippen molar-refractivity contribution in [3.05, 3.63) is 0 Å². The van der Waals surface area contributed by atoms with Gasteiger partial charge in [-0.3, -0.25) is 4.79 Å². The Bertz CT molecular complexity index is 586. The van der Waals surface area contributed by atoms with Crippen molar-refractivity contribution in [2.24, 2.45) is 0 Å². The molecule has 1 unspecified atom stereocenters. The molecule has 0 rings (SSSR count). The number of carbonyl (C=O) groups is 1. The van der Waals surface area contributed by atoms with Crippen molar-refractivity contribution in [2.45, 2.75) is 43.0 Å². The summed E-state index contributed by atoms with van der Waals surface area (Å²) in [5.41, 5.74) is 0. The maximum absolute atomic E-state index is 13.3. The first-order valence-corrected chi connectivity index (χ1v) is 9.27. The molecule has 0 saturated heterocycles. The predicted molar refractivity (Wildman–Crippen MR) is 69.0 cm³/mol. The van der Waals surface area contributed by atoms with Gasteiger partial charge in [-0.05, 0) is 10.1 Å². The Morgan fingerprint density at radius 1 is 0.960 bits per heavy atom. The van der Waals surface area contributed by atoms with Gasteiger partial charge in [-0.15, -0.1) is 0 Å². The Morgan fingerprint density at radius 3 is 1.76 bits per heavy atom. The number of Topliss-reactive ketones (excluding diaryl/α,β-unsaturated/α-hetero) is 1. The average Bonchev–Trinajstić information content (AvgIpc) is 2.35. The zero-order valence-electron chi connectivity index (χ0n) is 12.5. The van der Waals surface area contributed by atoms with Crippen molar-refractivity contribution >= 4 is 27.1 Å². The summed E-state index contributed by atoms with van der Waals surface area (Å²) in [6, 6.07) is 0. The van der Waals surface area contributed by atoms with Crippen molar-refractivity contribution < 1.29 is 56.4 Å². The Labute approximate surface area is 139 Å². The molecule has 0 aromatic heterocycles. The molecule has 0 aliphatic heterocycles. The Hall–Kier alpha value is -0.700. The van der Waals surface area contributed by atoms with Gasteiger partial charge >= 0.3 is 33.4 Å². The summed E-state index contributed by atoms with van der Waals surface area (Å²) in [6.07, 6.45) is -6.32. The van der Waals surface area contributed by atoms with Crippen LogP contribution in [-0.2, 0) is 29.7 Å². The van der Waals surface area contributed by atoms with E-state index < -0.39 is 56.1 Å². The quantitative estimate of drug-likeness (QED) is 0.415. The smallest absolute Gasteiger partial charge is 0.294 e. The molecule has 0 N–H and O–H groups in total. The predicted octanol–water partition coefficient (Wildman–Crippen LogP) is 3.29. The van der Waals surface area contributed by atoms with Gasteiger partial charge in [0.1, 0.15) is 6.26 Å². The fraction of sp³-hybridized carbons (Fsp3) is 0.900. The average molecular weight is 431 g/mol. The summed E-state index contributed by atoms with van der Waals surface area (Å²) in [4.78, 5) is 11.2. The molecule has 0 amide bonds. The van der Waals surface area contributed by atoms with E-state index >= 15 is 0 Å². The minimum atomic E-state index is -7.36. The first-order chi connectivity index (χ1) is 10.8. The summed E-state index contributed by atoms with van der Waals surface area (Å²) in [6.45, 7) is 1.53. The highest BCUT2D eigenvalue weighted by Crippen LogP contribution is 2.55. The van der Waals surface area contributed by atoms with Crippen LogP contribution in [0.25, 0.3) is 0 Å². The van der Waals surface area contributed by atoms with Crippen molar-refractivity contribution in [3.8, 4) is 0 Å². The molecule has 15 heteroatoms. The molecule has 0 fully saturated rings. The first-order valence-electron chi connectivity index (χ1n) is 6.14. The molecule has 0 heterocycles. The van der Waals surface area contributed by atoms with Crippen molar-refractivity contribution in [3.63, 3.8) is 0 Å². The lowest BCUT2D eigenvalue weighted by Crippen LogP contribution is -2.63. The zero-order valence-corrected chi connectivity index (χ0v) is 14.1. The number of carbonyl (C=O) groups excluding carboxylic acids is 1. The highest BCUT2D eigenvalue weighted by molar-refractivity contribution is 8.03. The second-order valence-corrected chi connectivity index (χ2v) is 8.09. The van der Waals surface area contributed by atoms with Crippen LogP contribution >= 0.6 is 0 Å². The molecule has 25 heavy (non-hydrogen) atoms. The molecule has 4 nitrogen and oxygen atoms in total. The molecule has 0 aliphatic carbocycles. The third-order valence-corrected chi connectivity index (χ3v) is 5.79. The first kappa shape index (κ1) is 24.3. The SMILES string of the molecule is CCCC(=O)C[S+](C)OS(=O)(=O)C(F)(F)C(F)(F)C(F)(F)C(F)(F)F. The molecule has 0 spiro atoms. The third kappa shape index (κ3) is 4.72. The van der Waals surface area contributed by atoms with Crippen LogP contribution in [0.4, 0.5) is 39.5 Å². The van der Waals surface area contributed by atoms with Gasteiger partial charge in [0.2, 0.25) is 0 Å². The summed E-state index contributed by atoms with van der Waals surface area (Å²) >= 11 is -2.28. The number of hydrogen-bond donors (Lipinski definition) is 0. The van der Waals surface area contributed by atoms with E-state index in [1.54, 1.807) is 0 Å². The van der Waals surface area contributed by atoms with E-state index in [2.05, 4.69) is 3.63 Å². The van der Waals surface area contributed by atoms with E-state index in [1.165, 1.54) is 6.92 Å². The van der Waals surface area contributed by atoms with Gasteiger partial charge in [-0.25, -0.2) is 0 Å². The molecule has 0 aromatic carbocycles. The van der Waals surface area contributed by atoms with Crippen molar-refractivity contribution in [1.82, 2.24) is 0 Å². The molecular weight excluding hydrogens is 419 g/mol. The minimum absolute atomic E-state index is 0.139. The normalized spacial score (nSPS) is 16.0. The van der Waals surface area contributed by atoms with E-state index in [-0.39, 0.29) is 12.8 Å². The van der Waals surface area contributed by atoms with Crippen LogP contribution in [0.15, 0.2) is 0 Å². The lowest BCUT2D eigenvalue weighted by atomic mass is 10.1. The topological polar surface area (TPSA) is 60.4 Å². The third-order valence-electron chi connectivity index (χ3n) is 2.53. The maximum atomic E-state index is 13.3. The maximum Gasteiger partial charge on any atom is 0.460 e. The second-order valence-electron chi connectivity index (χ2n) is 4.69. The number of halogens is 9. The highest BCUT2D eigenvalue weighted by Gasteiger charge is 2.86. The summed E-state index contributed by atoms with van der Waals surface area (Å²) in [5, 5.41) is -6.91. The van der Waals surface area contributed by atoms with E-state index in [9.17, 15) is 52.7 Å². The van der Waals surface area contributed by atoms with E-state index in [0.29, 0.717) is 6.26 Å².